The molecule has 5 heterocycles. The quantitative estimate of drug-likeness (QED) is 0.149. The number of rotatable bonds is 0. The van der Waals surface area contributed by atoms with Crippen molar-refractivity contribution < 1.29 is 18.9 Å². The van der Waals surface area contributed by atoms with E-state index >= 15 is 0 Å². The first-order valence-corrected chi connectivity index (χ1v) is 21.6. The number of hydrogen-bond donors (Lipinski definition) is 0. The van der Waals surface area contributed by atoms with Crippen molar-refractivity contribution in [3.05, 3.63) is 237 Å². The molecule has 300 valence electrons. The maximum atomic E-state index is 6.55. The van der Waals surface area contributed by atoms with Gasteiger partial charge >= 0.3 is 0 Å². The van der Waals surface area contributed by atoms with Gasteiger partial charge in [0.25, 0.3) is 0 Å². The zero-order valence-electron chi connectivity index (χ0n) is 33.9. The number of nitrogens with zero attached hydrogens (tertiary/aromatic N) is 4. The highest BCUT2D eigenvalue weighted by Crippen LogP contribution is 2.58. The molecule has 10 aromatic rings. The molecule has 0 saturated carbocycles. The summed E-state index contributed by atoms with van der Waals surface area (Å²) in [5.41, 5.74) is 16.2. The van der Waals surface area contributed by atoms with E-state index in [1.54, 1.807) is 0 Å². The van der Waals surface area contributed by atoms with Crippen LogP contribution in [0.25, 0.3) is 22.1 Å². The molecular weight excluding hydrogens is 793 g/mol. The maximum Gasteiger partial charge on any atom is 0.221 e. The monoisotopic (exact) mass is 824 g/mol. The van der Waals surface area contributed by atoms with E-state index in [4.69, 9.17) is 38.9 Å². The normalized spacial score (nSPS) is 18.5. The Hall–Kier alpha value is -8.36. The molecule has 7 aliphatic rings. The van der Waals surface area contributed by atoms with Crippen LogP contribution in [0, 0.1) is 0 Å². The molecule has 17 rings (SSSR count). The third-order valence-electron chi connectivity index (χ3n) is 13.8. The summed E-state index contributed by atoms with van der Waals surface area (Å²) in [4.78, 5) is 19.6. The van der Waals surface area contributed by atoms with Crippen molar-refractivity contribution in [3.8, 4) is 46.5 Å². The number of hydrogen-bond acceptors (Lipinski definition) is 8. The van der Waals surface area contributed by atoms with E-state index in [2.05, 4.69) is 97.1 Å². The summed E-state index contributed by atoms with van der Waals surface area (Å²) in [5, 5.41) is 1.78. The Morgan fingerprint density at radius 3 is 0.781 bits per heavy atom. The van der Waals surface area contributed by atoms with Gasteiger partial charge in [-0.3, -0.25) is 0 Å². The van der Waals surface area contributed by atoms with E-state index in [0.717, 1.165) is 10.8 Å². The minimum Gasteiger partial charge on any atom is -0.439 e. The van der Waals surface area contributed by atoms with Gasteiger partial charge in [0.2, 0.25) is 23.5 Å². The summed E-state index contributed by atoms with van der Waals surface area (Å²) in [6.45, 7) is 0. The van der Waals surface area contributed by atoms with Crippen LogP contribution in [0.4, 0.5) is 0 Å². The van der Waals surface area contributed by atoms with Crippen LogP contribution < -0.4 is 18.9 Å². The van der Waals surface area contributed by atoms with Crippen LogP contribution in [-0.4, -0.2) is 19.9 Å². The molecule has 8 heteroatoms. The lowest BCUT2D eigenvalue weighted by atomic mass is 9.61. The molecular formula is C56H32N4O4. The lowest BCUT2D eigenvalue weighted by molar-refractivity contribution is 0.457. The number of aromatic nitrogens is 4. The van der Waals surface area contributed by atoms with E-state index in [1.165, 1.54) is 66.8 Å². The second-order valence-corrected chi connectivity index (χ2v) is 17.3. The molecule has 0 N–H and O–H groups in total. The van der Waals surface area contributed by atoms with Gasteiger partial charge in [0.1, 0.15) is 23.0 Å². The van der Waals surface area contributed by atoms with Gasteiger partial charge in [0.15, 0.2) is 11.3 Å². The van der Waals surface area contributed by atoms with Gasteiger partial charge in [-0.1, -0.05) is 72.8 Å². The molecule has 4 aromatic heterocycles. The third-order valence-corrected chi connectivity index (χ3v) is 13.8. The van der Waals surface area contributed by atoms with Gasteiger partial charge in [0.05, 0.1) is 0 Å². The van der Waals surface area contributed by atoms with Crippen LogP contribution in [0.5, 0.6) is 46.5 Å². The van der Waals surface area contributed by atoms with Crippen LogP contribution in [-0.2, 0) is 0 Å². The summed E-state index contributed by atoms with van der Waals surface area (Å²) in [5.74, 6) is 4.78. The number of ether oxygens (including phenoxy) is 4. The third kappa shape index (κ3) is 4.93. The van der Waals surface area contributed by atoms with Crippen molar-refractivity contribution in [1.82, 2.24) is 19.9 Å². The summed E-state index contributed by atoms with van der Waals surface area (Å²) in [6.07, 6.45) is 0. The Morgan fingerprint density at radius 2 is 0.500 bits per heavy atom. The van der Waals surface area contributed by atoms with Gasteiger partial charge in [-0.25, -0.2) is 0 Å². The Bertz CT molecular complexity index is 3270. The van der Waals surface area contributed by atoms with Crippen molar-refractivity contribution >= 4 is 22.1 Å². The fourth-order valence-corrected chi connectivity index (χ4v) is 11.2. The van der Waals surface area contributed by atoms with Gasteiger partial charge in [-0.15, -0.1) is 0 Å². The minimum absolute atomic E-state index is 0.0172. The van der Waals surface area contributed by atoms with E-state index in [9.17, 15) is 0 Å². The molecule has 0 amide bonds. The Balaban J connectivity index is 0.885. The molecule has 6 aromatic carbocycles. The molecule has 0 spiro atoms. The summed E-state index contributed by atoms with van der Waals surface area (Å²) >= 11 is 0. The number of benzene rings is 6. The van der Waals surface area contributed by atoms with Crippen molar-refractivity contribution in [2.24, 2.45) is 0 Å². The highest BCUT2D eigenvalue weighted by Gasteiger charge is 2.43. The first-order chi connectivity index (χ1) is 31.6. The van der Waals surface area contributed by atoms with E-state index < -0.39 is 0 Å². The van der Waals surface area contributed by atoms with E-state index in [-0.39, 0.29) is 23.7 Å². The molecule has 8 nitrogen and oxygen atoms in total. The second-order valence-electron chi connectivity index (χ2n) is 17.3. The fraction of sp³-hybridized carbons (Fsp3) is 0.0714. The fourth-order valence-electron chi connectivity index (χ4n) is 11.2. The lowest BCUT2D eigenvalue weighted by Crippen LogP contribution is -2.27. The minimum atomic E-state index is -0.0172. The highest BCUT2D eigenvalue weighted by atomic mass is 16.5. The Labute approximate surface area is 366 Å². The summed E-state index contributed by atoms with van der Waals surface area (Å²) in [6, 6.07) is 58.8. The van der Waals surface area contributed by atoms with Crippen molar-refractivity contribution in [3.63, 3.8) is 0 Å². The molecule has 0 radical (unpaired) electrons. The molecule has 0 saturated heterocycles. The van der Waals surface area contributed by atoms with Gasteiger partial charge in [0, 0.05) is 58.7 Å². The van der Waals surface area contributed by atoms with Crippen LogP contribution in [0.2, 0.25) is 0 Å². The van der Waals surface area contributed by atoms with Crippen molar-refractivity contribution in [1.29, 1.82) is 0 Å². The predicted molar refractivity (Wildman–Crippen MR) is 242 cm³/mol. The van der Waals surface area contributed by atoms with Crippen molar-refractivity contribution in [2.75, 3.05) is 0 Å². The number of pyridine rings is 4. The molecule has 64 heavy (non-hydrogen) atoms. The zero-order chi connectivity index (χ0) is 41.6. The van der Waals surface area contributed by atoms with Gasteiger partial charge < -0.3 is 18.9 Å². The van der Waals surface area contributed by atoms with Crippen molar-refractivity contribution in [2.45, 2.75) is 23.7 Å². The predicted octanol–water partition coefficient (Wildman–Crippen LogP) is 13.0. The standard InChI is InChI=1S/C56H32N4O4/c1-3-7-37-35(5-1)51-39-17-13-31-25-43(39)53(37)44-26-32(14-18-40(44)51)62-48-22-10-30-12-24-50(60-56(30)58-48)64-34-16-20-42-46(28-34)54-38-8-4-2-6-36(38)52(42)41-19-15-33(27-45(41)54)63-49-23-11-29-9-21-47(61-31)57-55(29)59-49/h1-28,51-54H. The summed E-state index contributed by atoms with van der Waals surface area (Å²) < 4.78 is 26.2. The first kappa shape index (κ1) is 34.3. The largest absolute Gasteiger partial charge is 0.439 e. The lowest BCUT2D eigenvalue weighted by Gasteiger charge is -2.42. The highest BCUT2D eigenvalue weighted by molar-refractivity contribution is 5.78. The average Bonchev–Trinajstić information content (AvgIpc) is 3.33. The molecule has 18 bridgehead atoms. The SMILES string of the molecule is c1ccc2c(c1)C1c3ccc4cc3C2c2cc(ccc21)Oc1ccc2ccc(nc2n1)Oc1ccc2c(c1)C1c3ccccc3C2c2ccc(cc21)Oc1ccc2ccc(nc2n1)O4. The van der Waals surface area contributed by atoms with Gasteiger partial charge in [-0.05, 0) is 140 Å². The molecule has 6 aliphatic carbocycles. The van der Waals surface area contributed by atoms with Crippen LogP contribution >= 0.6 is 0 Å². The van der Waals surface area contributed by atoms with E-state index in [1.807, 2.05) is 72.8 Å². The maximum absolute atomic E-state index is 6.55. The van der Waals surface area contributed by atoms with Crippen LogP contribution in [0.1, 0.15) is 90.4 Å². The van der Waals surface area contributed by atoms with E-state index in [0.29, 0.717) is 57.8 Å². The zero-order valence-corrected chi connectivity index (χ0v) is 33.9. The molecule has 1 aliphatic heterocycles. The smallest absolute Gasteiger partial charge is 0.221 e. The average molecular weight is 825 g/mol. The van der Waals surface area contributed by atoms with Gasteiger partial charge in [-0.2, -0.15) is 19.9 Å². The Morgan fingerprint density at radius 1 is 0.250 bits per heavy atom. The molecule has 0 fully saturated rings. The Kier molecular flexibility index (Phi) is 6.75. The molecule has 0 atom stereocenters. The van der Waals surface area contributed by atoms with Crippen LogP contribution in [0.3, 0.4) is 0 Å². The van der Waals surface area contributed by atoms with Crippen LogP contribution in [0.15, 0.2) is 170 Å². The first-order valence-electron chi connectivity index (χ1n) is 21.6. The topological polar surface area (TPSA) is 88.5 Å². The second kappa shape index (κ2) is 12.6. The summed E-state index contributed by atoms with van der Waals surface area (Å²) in [7, 11) is 0. The molecule has 0 unspecified atom stereocenters. The number of fused-ring (bicyclic) bond motifs is 8.